The maximum absolute atomic E-state index is 13.7. The van der Waals surface area contributed by atoms with Crippen molar-refractivity contribution in [2.24, 2.45) is 0 Å². The molecule has 2 heterocycles. The Kier molecular flexibility index (Phi) is 5.84. The van der Waals surface area contributed by atoms with E-state index >= 15 is 0 Å². The van der Waals surface area contributed by atoms with Crippen molar-refractivity contribution >= 4 is 49.5 Å². The number of nitrogens with zero attached hydrogens (tertiary/aromatic N) is 2. The van der Waals surface area contributed by atoms with Gasteiger partial charge in [0.25, 0.3) is 0 Å². The van der Waals surface area contributed by atoms with E-state index in [-0.39, 0.29) is 5.02 Å². The SMILES string of the molecule is O=S(=O)(c1ccc(Cl)cc1)C1CCN(c2nc(-c3ccc(Cl)c(F)c3)cs2)CC1. The van der Waals surface area contributed by atoms with Crippen molar-refractivity contribution in [3.8, 4) is 11.3 Å². The molecule has 3 aromatic rings. The lowest BCUT2D eigenvalue weighted by Crippen LogP contribution is -2.39. The average Bonchev–Trinajstić information content (AvgIpc) is 3.21. The predicted octanol–water partition coefficient (Wildman–Crippen LogP) is 5.70. The zero-order chi connectivity index (χ0) is 20.6. The second kappa shape index (κ2) is 8.22. The number of rotatable bonds is 4. The smallest absolute Gasteiger partial charge is 0.185 e. The number of benzene rings is 2. The second-order valence-corrected chi connectivity index (χ2v) is 10.7. The third-order valence-corrected chi connectivity index (χ3v) is 8.74. The van der Waals surface area contributed by atoms with Gasteiger partial charge in [0.2, 0.25) is 0 Å². The van der Waals surface area contributed by atoms with Gasteiger partial charge in [-0.05, 0) is 49.2 Å². The first-order valence-electron chi connectivity index (χ1n) is 9.00. The van der Waals surface area contributed by atoms with Gasteiger partial charge in [0.05, 0.1) is 20.9 Å². The van der Waals surface area contributed by atoms with Gasteiger partial charge in [-0.15, -0.1) is 11.3 Å². The molecule has 0 N–H and O–H groups in total. The Morgan fingerprint density at radius 3 is 2.41 bits per heavy atom. The van der Waals surface area contributed by atoms with Crippen molar-refractivity contribution < 1.29 is 12.8 Å². The summed E-state index contributed by atoms with van der Waals surface area (Å²) in [5, 5.41) is 2.84. The van der Waals surface area contributed by atoms with E-state index in [9.17, 15) is 12.8 Å². The molecule has 0 unspecified atom stereocenters. The Balaban J connectivity index is 1.45. The highest BCUT2D eigenvalue weighted by Crippen LogP contribution is 2.32. The van der Waals surface area contributed by atoms with Gasteiger partial charge in [-0.2, -0.15) is 0 Å². The Labute approximate surface area is 182 Å². The normalized spacial score (nSPS) is 15.6. The van der Waals surface area contributed by atoms with Crippen molar-refractivity contribution in [2.75, 3.05) is 18.0 Å². The second-order valence-electron chi connectivity index (χ2n) is 6.83. The summed E-state index contributed by atoms with van der Waals surface area (Å²) in [5.41, 5.74) is 1.34. The largest absolute Gasteiger partial charge is 0.348 e. The lowest BCUT2D eigenvalue weighted by Gasteiger charge is -2.31. The van der Waals surface area contributed by atoms with Gasteiger partial charge in [-0.1, -0.05) is 29.3 Å². The predicted molar refractivity (Wildman–Crippen MR) is 116 cm³/mol. The number of piperidine rings is 1. The van der Waals surface area contributed by atoms with E-state index in [2.05, 4.69) is 9.88 Å². The van der Waals surface area contributed by atoms with E-state index in [1.54, 1.807) is 30.3 Å². The minimum Gasteiger partial charge on any atom is -0.348 e. The summed E-state index contributed by atoms with van der Waals surface area (Å²) in [6.07, 6.45) is 1.05. The van der Waals surface area contributed by atoms with Crippen LogP contribution in [-0.4, -0.2) is 31.7 Å². The average molecular weight is 471 g/mol. The number of halogens is 3. The van der Waals surface area contributed by atoms with Crippen LogP contribution >= 0.6 is 34.5 Å². The van der Waals surface area contributed by atoms with Crippen LogP contribution in [0.4, 0.5) is 9.52 Å². The van der Waals surface area contributed by atoms with Crippen LogP contribution in [0.2, 0.25) is 10.0 Å². The molecule has 152 valence electrons. The molecule has 1 aliphatic heterocycles. The number of sulfone groups is 1. The molecule has 0 saturated carbocycles. The standard InChI is InChI=1S/C20H17Cl2FN2O2S2/c21-14-2-4-15(5-3-14)29(26,27)16-7-9-25(10-8-16)20-24-19(12-28-20)13-1-6-17(22)18(23)11-13/h1-6,11-12,16H,7-10H2. The van der Waals surface area contributed by atoms with Gasteiger partial charge in [0.15, 0.2) is 15.0 Å². The van der Waals surface area contributed by atoms with Crippen LogP contribution in [0.3, 0.4) is 0 Å². The van der Waals surface area contributed by atoms with E-state index in [1.165, 1.54) is 23.5 Å². The fraction of sp³-hybridized carbons (Fsp3) is 0.250. The first kappa shape index (κ1) is 20.6. The van der Waals surface area contributed by atoms with Crippen LogP contribution in [0.25, 0.3) is 11.3 Å². The summed E-state index contributed by atoms with van der Waals surface area (Å²) in [6, 6.07) is 10.9. The fourth-order valence-corrected chi connectivity index (χ4v) is 6.24. The highest BCUT2D eigenvalue weighted by Gasteiger charge is 2.32. The van der Waals surface area contributed by atoms with Crippen molar-refractivity contribution in [2.45, 2.75) is 23.0 Å². The summed E-state index contributed by atoms with van der Waals surface area (Å²) < 4.78 is 39.5. The Hall–Kier alpha value is -1.67. The van der Waals surface area contributed by atoms with Crippen molar-refractivity contribution in [3.63, 3.8) is 0 Å². The van der Waals surface area contributed by atoms with Crippen molar-refractivity contribution in [3.05, 3.63) is 63.7 Å². The minimum atomic E-state index is -3.39. The Bertz CT molecular complexity index is 1130. The molecule has 9 heteroatoms. The van der Waals surface area contributed by atoms with E-state index in [0.29, 0.717) is 47.1 Å². The van der Waals surface area contributed by atoms with Crippen LogP contribution in [0.1, 0.15) is 12.8 Å². The van der Waals surface area contributed by atoms with E-state index < -0.39 is 20.9 Å². The van der Waals surface area contributed by atoms with Gasteiger partial charge < -0.3 is 4.90 Å². The van der Waals surface area contributed by atoms with Crippen LogP contribution < -0.4 is 4.90 Å². The Morgan fingerprint density at radius 1 is 1.07 bits per heavy atom. The molecule has 1 saturated heterocycles. The molecule has 1 aliphatic rings. The zero-order valence-electron chi connectivity index (χ0n) is 15.2. The number of anilines is 1. The van der Waals surface area contributed by atoms with Gasteiger partial charge >= 0.3 is 0 Å². The summed E-state index contributed by atoms with van der Waals surface area (Å²) in [7, 11) is -3.39. The number of hydrogen-bond acceptors (Lipinski definition) is 5. The molecule has 0 spiro atoms. The molecular weight excluding hydrogens is 454 g/mol. The molecule has 2 aromatic carbocycles. The van der Waals surface area contributed by atoms with Crippen LogP contribution in [-0.2, 0) is 9.84 Å². The molecule has 1 fully saturated rings. The van der Waals surface area contributed by atoms with Gasteiger partial charge in [-0.25, -0.2) is 17.8 Å². The molecule has 0 aliphatic carbocycles. The molecule has 0 bridgehead atoms. The Morgan fingerprint density at radius 2 is 1.76 bits per heavy atom. The van der Waals surface area contributed by atoms with Crippen molar-refractivity contribution in [1.29, 1.82) is 0 Å². The van der Waals surface area contributed by atoms with Crippen LogP contribution in [0.15, 0.2) is 52.7 Å². The first-order chi connectivity index (χ1) is 13.8. The molecule has 4 rings (SSSR count). The first-order valence-corrected chi connectivity index (χ1v) is 12.2. The van der Waals surface area contributed by atoms with E-state index in [1.807, 2.05) is 5.38 Å². The zero-order valence-corrected chi connectivity index (χ0v) is 18.3. The fourth-order valence-electron chi connectivity index (χ4n) is 3.37. The molecule has 4 nitrogen and oxygen atoms in total. The highest BCUT2D eigenvalue weighted by molar-refractivity contribution is 7.92. The molecule has 0 radical (unpaired) electrons. The summed E-state index contributed by atoms with van der Waals surface area (Å²) in [6.45, 7) is 1.19. The third kappa shape index (κ3) is 4.28. The van der Waals surface area contributed by atoms with Crippen LogP contribution in [0.5, 0.6) is 0 Å². The summed E-state index contributed by atoms with van der Waals surface area (Å²) >= 11 is 13.1. The topological polar surface area (TPSA) is 50.3 Å². The maximum atomic E-state index is 13.7. The van der Waals surface area contributed by atoms with Gasteiger partial charge in [-0.3, -0.25) is 0 Å². The molecule has 1 aromatic heterocycles. The molecule has 0 atom stereocenters. The summed E-state index contributed by atoms with van der Waals surface area (Å²) in [5.74, 6) is -0.480. The van der Waals surface area contributed by atoms with E-state index in [0.717, 1.165) is 5.13 Å². The molecule has 0 amide bonds. The van der Waals surface area contributed by atoms with Crippen LogP contribution in [0, 0.1) is 5.82 Å². The van der Waals surface area contributed by atoms with Crippen molar-refractivity contribution in [1.82, 2.24) is 4.98 Å². The molecule has 29 heavy (non-hydrogen) atoms. The minimum absolute atomic E-state index is 0.0770. The molecular formula is C20H17Cl2FN2O2S2. The third-order valence-electron chi connectivity index (χ3n) is 5.00. The quantitative estimate of drug-likeness (QED) is 0.490. The monoisotopic (exact) mass is 470 g/mol. The maximum Gasteiger partial charge on any atom is 0.185 e. The summed E-state index contributed by atoms with van der Waals surface area (Å²) in [4.78, 5) is 6.99. The van der Waals surface area contributed by atoms with Gasteiger partial charge in [0.1, 0.15) is 5.82 Å². The van der Waals surface area contributed by atoms with E-state index in [4.69, 9.17) is 23.2 Å². The lowest BCUT2D eigenvalue weighted by atomic mass is 10.1. The number of aromatic nitrogens is 1. The lowest BCUT2D eigenvalue weighted by molar-refractivity contribution is 0.529. The highest BCUT2D eigenvalue weighted by atomic mass is 35.5. The number of thiazole rings is 1. The van der Waals surface area contributed by atoms with Gasteiger partial charge in [0, 0.05) is 29.1 Å². The number of hydrogen-bond donors (Lipinski definition) is 0.